The van der Waals surface area contributed by atoms with E-state index in [1.54, 1.807) is 25.7 Å². The van der Waals surface area contributed by atoms with Gasteiger partial charge in [-0.2, -0.15) is 0 Å². The van der Waals surface area contributed by atoms with E-state index >= 15 is 0 Å². The van der Waals surface area contributed by atoms with E-state index in [1.807, 2.05) is 36.4 Å². The fourth-order valence-electron chi connectivity index (χ4n) is 6.20. The summed E-state index contributed by atoms with van der Waals surface area (Å²) in [7, 11) is 0. The van der Waals surface area contributed by atoms with Crippen LogP contribution < -0.4 is 5.32 Å². The summed E-state index contributed by atoms with van der Waals surface area (Å²) in [6.07, 6.45) is 6.32. The van der Waals surface area contributed by atoms with Gasteiger partial charge in [0.15, 0.2) is 0 Å². The average molecular weight is 620 g/mol. The van der Waals surface area contributed by atoms with Crippen molar-refractivity contribution in [1.29, 1.82) is 0 Å². The summed E-state index contributed by atoms with van der Waals surface area (Å²) in [6.45, 7) is 7.83. The third-order valence-electron chi connectivity index (χ3n) is 8.60. The summed E-state index contributed by atoms with van der Waals surface area (Å²) >= 11 is 0. The quantitative estimate of drug-likeness (QED) is 0.239. The normalized spacial score (nSPS) is 18.5. The van der Waals surface area contributed by atoms with Gasteiger partial charge in [0.25, 0.3) is 0 Å². The molecule has 244 valence electrons. The van der Waals surface area contributed by atoms with Crippen molar-refractivity contribution in [3.8, 4) is 0 Å². The first-order chi connectivity index (χ1) is 21.6. The molecule has 1 spiro atoms. The minimum absolute atomic E-state index is 0.0318. The molecule has 0 saturated carbocycles. The predicted octanol–water partition coefficient (Wildman–Crippen LogP) is 4.82. The summed E-state index contributed by atoms with van der Waals surface area (Å²) in [5.74, 6) is -1.63. The number of carbonyl (C=O) groups excluding carboxylic acids is 4. The van der Waals surface area contributed by atoms with Gasteiger partial charge in [0.05, 0.1) is 12.8 Å². The smallest absolute Gasteiger partial charge is 0.308 e. The van der Waals surface area contributed by atoms with Crippen LogP contribution in [0.1, 0.15) is 83.3 Å². The molecule has 0 aromatic heterocycles. The van der Waals surface area contributed by atoms with Crippen LogP contribution in [0.25, 0.3) is 0 Å². The Hall–Kier alpha value is -3.72. The summed E-state index contributed by atoms with van der Waals surface area (Å²) in [4.78, 5) is 56.8. The number of carbonyl (C=O) groups is 4. The van der Waals surface area contributed by atoms with Crippen molar-refractivity contribution in [2.45, 2.75) is 102 Å². The number of rotatable bonds is 14. The van der Waals surface area contributed by atoms with E-state index in [-0.39, 0.29) is 37.8 Å². The number of piperazine rings is 1. The van der Waals surface area contributed by atoms with Gasteiger partial charge in [-0.15, -0.1) is 0 Å². The number of aryl methyl sites for hydroxylation is 1. The monoisotopic (exact) mass is 619 g/mol. The van der Waals surface area contributed by atoms with Crippen molar-refractivity contribution in [3.63, 3.8) is 0 Å². The second-order valence-electron chi connectivity index (χ2n) is 13.2. The van der Waals surface area contributed by atoms with Gasteiger partial charge in [-0.3, -0.25) is 19.2 Å². The summed E-state index contributed by atoms with van der Waals surface area (Å²) in [6, 6.07) is 18.8. The topological polar surface area (TPSA) is 105 Å². The lowest BCUT2D eigenvalue weighted by atomic mass is 9.81. The van der Waals surface area contributed by atoms with Crippen LogP contribution in [0.4, 0.5) is 0 Å². The lowest BCUT2D eigenvalue weighted by Gasteiger charge is -2.51. The average Bonchev–Trinajstić information content (AvgIpc) is 3.01. The molecule has 2 amide bonds. The Labute approximate surface area is 267 Å². The molecule has 45 heavy (non-hydrogen) atoms. The molecule has 1 unspecified atom stereocenters. The van der Waals surface area contributed by atoms with E-state index in [1.165, 1.54) is 18.4 Å². The second kappa shape index (κ2) is 16.0. The van der Waals surface area contributed by atoms with Gasteiger partial charge in [-0.05, 0) is 70.5 Å². The first-order valence-electron chi connectivity index (χ1n) is 16.4. The largest absolute Gasteiger partial charge is 0.461 e. The number of amides is 2. The van der Waals surface area contributed by atoms with Crippen molar-refractivity contribution in [2.24, 2.45) is 0 Å². The Morgan fingerprint density at radius 3 is 2.11 bits per heavy atom. The maximum atomic E-state index is 13.8. The summed E-state index contributed by atoms with van der Waals surface area (Å²) in [5, 5.41) is 2.84. The molecule has 0 aliphatic carbocycles. The molecule has 1 N–H and O–H groups in total. The van der Waals surface area contributed by atoms with Crippen LogP contribution in [0.3, 0.4) is 0 Å². The van der Waals surface area contributed by atoms with E-state index in [0.717, 1.165) is 31.4 Å². The van der Waals surface area contributed by atoms with E-state index in [4.69, 9.17) is 9.47 Å². The van der Waals surface area contributed by atoms with Gasteiger partial charge in [0.1, 0.15) is 23.8 Å². The summed E-state index contributed by atoms with van der Waals surface area (Å²) < 4.78 is 10.9. The molecule has 2 aromatic carbocycles. The first kappa shape index (κ1) is 34.2. The van der Waals surface area contributed by atoms with Crippen LogP contribution in [0.2, 0.25) is 0 Å². The lowest BCUT2D eigenvalue weighted by Crippen LogP contribution is -2.73. The molecule has 2 aromatic rings. The molecule has 0 bridgehead atoms. The van der Waals surface area contributed by atoms with Gasteiger partial charge in [-0.25, -0.2) is 0 Å². The number of hydrogen-bond acceptors (Lipinski definition) is 7. The van der Waals surface area contributed by atoms with Gasteiger partial charge in [0, 0.05) is 19.6 Å². The Bertz CT molecular complexity index is 1270. The van der Waals surface area contributed by atoms with Crippen LogP contribution in [0, 0.1) is 0 Å². The van der Waals surface area contributed by atoms with Gasteiger partial charge in [0.2, 0.25) is 11.8 Å². The van der Waals surface area contributed by atoms with Crippen LogP contribution in [-0.2, 0) is 41.7 Å². The van der Waals surface area contributed by atoms with Crippen molar-refractivity contribution in [3.05, 3.63) is 71.8 Å². The highest BCUT2D eigenvalue weighted by Gasteiger charge is 2.53. The Balaban J connectivity index is 1.32. The number of esters is 2. The van der Waals surface area contributed by atoms with Crippen LogP contribution in [0.5, 0.6) is 0 Å². The summed E-state index contributed by atoms with van der Waals surface area (Å²) in [5.41, 5.74) is 0.495. The molecule has 0 radical (unpaired) electrons. The number of unbranched alkanes of at least 4 members (excludes halogenated alkanes) is 3. The lowest BCUT2D eigenvalue weighted by molar-refractivity contribution is -0.166. The van der Waals surface area contributed by atoms with E-state index in [2.05, 4.69) is 34.5 Å². The fourth-order valence-corrected chi connectivity index (χ4v) is 6.20. The highest BCUT2D eigenvalue weighted by atomic mass is 16.6. The zero-order chi connectivity index (χ0) is 32.3. The molecular formula is C36H49N3O6. The highest BCUT2D eigenvalue weighted by Crippen LogP contribution is 2.34. The maximum absolute atomic E-state index is 13.8. The zero-order valence-corrected chi connectivity index (χ0v) is 27.1. The molecule has 4 rings (SSSR count). The molecule has 2 heterocycles. The SMILES string of the molecule is CC(C)(C)OC(=O)CCN1C(=O)C(CC(=O)OCc2ccccc2)NC(=O)C12CCN(CCCCCCc1ccccc1)CC2. The van der Waals surface area contributed by atoms with Crippen molar-refractivity contribution < 1.29 is 28.7 Å². The van der Waals surface area contributed by atoms with Gasteiger partial charge >= 0.3 is 11.9 Å². The molecule has 9 heteroatoms. The minimum Gasteiger partial charge on any atom is -0.461 e. The molecule has 1 atom stereocenters. The minimum atomic E-state index is -1.06. The Morgan fingerprint density at radius 1 is 0.844 bits per heavy atom. The maximum Gasteiger partial charge on any atom is 0.308 e. The van der Waals surface area contributed by atoms with Gasteiger partial charge < -0.3 is 24.6 Å². The number of nitrogens with one attached hydrogen (secondary N) is 1. The zero-order valence-electron chi connectivity index (χ0n) is 27.1. The van der Waals surface area contributed by atoms with E-state index < -0.39 is 29.1 Å². The van der Waals surface area contributed by atoms with Crippen LogP contribution in [-0.4, -0.2) is 76.9 Å². The first-order valence-corrected chi connectivity index (χ1v) is 16.4. The second-order valence-corrected chi connectivity index (χ2v) is 13.2. The van der Waals surface area contributed by atoms with E-state index in [0.29, 0.717) is 25.9 Å². The standard InChI is InChI=1S/C36H49N3O6/c1-35(2,3)45-31(40)19-23-39-33(42)30(26-32(41)44-27-29-17-11-7-12-18-29)37-34(43)36(39)20-24-38(25-21-36)22-13-5-4-8-14-28-15-9-6-10-16-28/h6-7,9-12,15-18,30H,4-5,8,13-14,19-27H2,1-3H3,(H,37,43). The molecule has 2 fully saturated rings. The van der Waals surface area contributed by atoms with Gasteiger partial charge in [-0.1, -0.05) is 73.5 Å². The van der Waals surface area contributed by atoms with E-state index in [9.17, 15) is 19.2 Å². The van der Waals surface area contributed by atoms with Crippen LogP contribution in [0.15, 0.2) is 60.7 Å². The number of hydrogen-bond donors (Lipinski definition) is 1. The predicted molar refractivity (Wildman–Crippen MR) is 172 cm³/mol. The molecule has 2 saturated heterocycles. The molecule has 2 aliphatic heterocycles. The third-order valence-corrected chi connectivity index (χ3v) is 8.60. The molecular weight excluding hydrogens is 570 g/mol. The number of nitrogens with zero attached hydrogens (tertiary/aromatic N) is 2. The number of piperidine rings is 1. The van der Waals surface area contributed by atoms with Crippen molar-refractivity contribution in [1.82, 2.24) is 15.1 Å². The fraction of sp³-hybridized carbons (Fsp3) is 0.556. The number of benzene rings is 2. The Morgan fingerprint density at radius 2 is 1.47 bits per heavy atom. The third kappa shape index (κ3) is 10.1. The van der Waals surface area contributed by atoms with Crippen molar-refractivity contribution in [2.75, 3.05) is 26.2 Å². The molecule has 2 aliphatic rings. The Kier molecular flexibility index (Phi) is 12.2. The van der Waals surface area contributed by atoms with Crippen LogP contribution >= 0.6 is 0 Å². The number of ether oxygens (including phenoxy) is 2. The van der Waals surface area contributed by atoms with Crippen molar-refractivity contribution >= 4 is 23.8 Å². The molecule has 9 nitrogen and oxygen atoms in total. The number of likely N-dealkylation sites (tertiary alicyclic amines) is 1. The highest BCUT2D eigenvalue weighted by molar-refractivity contribution is 6.01.